The molecule has 0 fully saturated rings. The van der Waals surface area contributed by atoms with Gasteiger partial charge in [-0.25, -0.2) is 9.59 Å². The maximum absolute atomic E-state index is 11.9. The Balaban J connectivity index is 1.83. The SMILES string of the molecule is NCCC[C@H](NC(=O)Nc1ccc(OCc2ccccc2)cc1)C(=O)O. The lowest BCUT2D eigenvalue weighted by Gasteiger charge is -2.15. The number of carbonyl (C=O) groups excluding carboxylic acids is 1. The fourth-order valence-electron chi connectivity index (χ4n) is 2.28. The van der Waals surface area contributed by atoms with Gasteiger partial charge in [-0.15, -0.1) is 0 Å². The summed E-state index contributed by atoms with van der Waals surface area (Å²) in [6.07, 6.45) is 0.802. The molecule has 138 valence electrons. The van der Waals surface area contributed by atoms with Crippen LogP contribution >= 0.6 is 0 Å². The summed E-state index contributed by atoms with van der Waals surface area (Å²) < 4.78 is 5.67. The smallest absolute Gasteiger partial charge is 0.326 e. The Morgan fingerprint density at radius 2 is 1.77 bits per heavy atom. The molecule has 0 aliphatic carbocycles. The molecule has 26 heavy (non-hydrogen) atoms. The normalized spacial score (nSPS) is 11.4. The average molecular weight is 357 g/mol. The molecule has 2 aromatic carbocycles. The molecule has 0 aromatic heterocycles. The van der Waals surface area contributed by atoms with Crippen LogP contribution in [0.5, 0.6) is 5.75 Å². The van der Waals surface area contributed by atoms with Crippen molar-refractivity contribution in [2.45, 2.75) is 25.5 Å². The van der Waals surface area contributed by atoms with Gasteiger partial charge in [-0.1, -0.05) is 30.3 Å². The van der Waals surface area contributed by atoms with Gasteiger partial charge in [0.2, 0.25) is 0 Å². The van der Waals surface area contributed by atoms with Crippen LogP contribution in [0.2, 0.25) is 0 Å². The van der Waals surface area contributed by atoms with Crippen molar-refractivity contribution in [3.8, 4) is 5.75 Å². The number of urea groups is 1. The molecule has 0 heterocycles. The van der Waals surface area contributed by atoms with Gasteiger partial charge in [-0.3, -0.25) is 0 Å². The number of benzene rings is 2. The van der Waals surface area contributed by atoms with E-state index in [4.69, 9.17) is 15.6 Å². The second-order valence-corrected chi connectivity index (χ2v) is 5.72. The molecule has 0 aliphatic heterocycles. The third-order valence-electron chi connectivity index (χ3n) is 3.66. The van der Waals surface area contributed by atoms with Gasteiger partial charge >= 0.3 is 12.0 Å². The molecule has 7 heteroatoms. The number of anilines is 1. The minimum Gasteiger partial charge on any atom is -0.489 e. The summed E-state index contributed by atoms with van der Waals surface area (Å²) in [5.74, 6) is -0.413. The van der Waals surface area contributed by atoms with Crippen LogP contribution in [0.4, 0.5) is 10.5 Å². The summed E-state index contributed by atoms with van der Waals surface area (Å²) in [5, 5.41) is 14.1. The quantitative estimate of drug-likeness (QED) is 0.551. The molecule has 0 bridgehead atoms. The molecule has 2 aromatic rings. The largest absolute Gasteiger partial charge is 0.489 e. The molecule has 0 saturated heterocycles. The summed E-state index contributed by atoms with van der Waals surface area (Å²) in [4.78, 5) is 23.1. The summed E-state index contributed by atoms with van der Waals surface area (Å²) in [5.41, 5.74) is 6.97. The van der Waals surface area contributed by atoms with Gasteiger partial charge in [-0.2, -0.15) is 0 Å². The van der Waals surface area contributed by atoms with Crippen LogP contribution in [-0.4, -0.2) is 29.7 Å². The van der Waals surface area contributed by atoms with Gasteiger partial charge in [0, 0.05) is 5.69 Å². The molecule has 7 nitrogen and oxygen atoms in total. The first-order valence-electron chi connectivity index (χ1n) is 8.35. The lowest BCUT2D eigenvalue weighted by atomic mass is 10.1. The molecule has 0 aliphatic rings. The van der Waals surface area contributed by atoms with E-state index in [1.807, 2.05) is 30.3 Å². The van der Waals surface area contributed by atoms with Gasteiger partial charge < -0.3 is 26.2 Å². The molecule has 1 atom stereocenters. The van der Waals surface area contributed by atoms with E-state index < -0.39 is 18.0 Å². The Kier molecular flexibility index (Phi) is 7.45. The van der Waals surface area contributed by atoms with Gasteiger partial charge in [0.1, 0.15) is 18.4 Å². The van der Waals surface area contributed by atoms with Crippen molar-refractivity contribution in [1.82, 2.24) is 5.32 Å². The van der Waals surface area contributed by atoms with Crippen LogP contribution in [0, 0.1) is 0 Å². The Bertz CT molecular complexity index is 704. The molecular weight excluding hydrogens is 334 g/mol. The zero-order chi connectivity index (χ0) is 18.8. The number of carboxylic acid groups (broad SMARTS) is 1. The molecular formula is C19H23N3O4. The zero-order valence-corrected chi connectivity index (χ0v) is 14.4. The predicted molar refractivity (Wildman–Crippen MR) is 99.1 cm³/mol. The van der Waals surface area contributed by atoms with Crippen LogP contribution in [0.1, 0.15) is 18.4 Å². The predicted octanol–water partition coefficient (Wildman–Crippen LogP) is 2.58. The van der Waals surface area contributed by atoms with Crippen LogP contribution in [0.25, 0.3) is 0 Å². The zero-order valence-electron chi connectivity index (χ0n) is 14.4. The van der Waals surface area contributed by atoms with Crippen molar-refractivity contribution in [3.63, 3.8) is 0 Å². The Labute approximate surface area is 152 Å². The Morgan fingerprint density at radius 1 is 1.08 bits per heavy atom. The van der Waals surface area contributed by atoms with E-state index in [9.17, 15) is 9.59 Å². The number of carboxylic acids is 1. The lowest BCUT2D eigenvalue weighted by molar-refractivity contribution is -0.139. The monoisotopic (exact) mass is 357 g/mol. The number of nitrogens with one attached hydrogen (secondary N) is 2. The van der Waals surface area contributed by atoms with E-state index >= 15 is 0 Å². The highest BCUT2D eigenvalue weighted by Crippen LogP contribution is 2.17. The highest BCUT2D eigenvalue weighted by atomic mass is 16.5. The van der Waals surface area contributed by atoms with E-state index in [-0.39, 0.29) is 6.42 Å². The maximum atomic E-state index is 11.9. The number of amides is 2. The van der Waals surface area contributed by atoms with Crippen molar-refractivity contribution >= 4 is 17.7 Å². The summed E-state index contributed by atoms with van der Waals surface area (Å²) >= 11 is 0. The molecule has 0 unspecified atom stereocenters. The van der Waals surface area contributed by atoms with E-state index in [0.29, 0.717) is 31.0 Å². The number of ether oxygens (including phenoxy) is 1. The summed E-state index contributed by atoms with van der Waals surface area (Å²) in [6, 6.07) is 15.1. The molecule has 0 spiro atoms. The number of nitrogens with two attached hydrogens (primary N) is 1. The topological polar surface area (TPSA) is 114 Å². The fourth-order valence-corrected chi connectivity index (χ4v) is 2.28. The maximum Gasteiger partial charge on any atom is 0.326 e. The van der Waals surface area contributed by atoms with Crippen molar-refractivity contribution < 1.29 is 19.4 Å². The second-order valence-electron chi connectivity index (χ2n) is 5.72. The van der Waals surface area contributed by atoms with E-state index in [1.54, 1.807) is 24.3 Å². The minimum absolute atomic E-state index is 0.283. The van der Waals surface area contributed by atoms with Crippen molar-refractivity contribution in [2.24, 2.45) is 5.73 Å². The van der Waals surface area contributed by atoms with Gasteiger partial charge in [-0.05, 0) is 49.2 Å². The molecule has 0 radical (unpaired) electrons. The number of carbonyl (C=O) groups is 2. The number of hydrogen-bond acceptors (Lipinski definition) is 4. The van der Waals surface area contributed by atoms with E-state index in [1.165, 1.54) is 0 Å². The molecule has 5 N–H and O–H groups in total. The Morgan fingerprint density at radius 3 is 2.38 bits per heavy atom. The van der Waals surface area contributed by atoms with Crippen LogP contribution in [0.15, 0.2) is 54.6 Å². The first-order valence-corrected chi connectivity index (χ1v) is 8.35. The Hall–Kier alpha value is -3.06. The van der Waals surface area contributed by atoms with E-state index in [0.717, 1.165) is 5.56 Å². The number of rotatable bonds is 9. The summed E-state index contributed by atoms with van der Waals surface area (Å²) in [7, 11) is 0. The van der Waals surface area contributed by atoms with Gasteiger partial charge in [0.25, 0.3) is 0 Å². The number of hydrogen-bond donors (Lipinski definition) is 4. The molecule has 2 rings (SSSR count). The fraction of sp³-hybridized carbons (Fsp3) is 0.263. The average Bonchev–Trinajstić information content (AvgIpc) is 2.65. The molecule has 0 saturated carbocycles. The van der Waals surface area contributed by atoms with Crippen LogP contribution in [-0.2, 0) is 11.4 Å². The van der Waals surface area contributed by atoms with Crippen molar-refractivity contribution in [2.75, 3.05) is 11.9 Å². The highest BCUT2D eigenvalue weighted by Gasteiger charge is 2.19. The third kappa shape index (κ3) is 6.45. The van der Waals surface area contributed by atoms with Crippen molar-refractivity contribution in [3.05, 3.63) is 60.2 Å². The van der Waals surface area contributed by atoms with E-state index in [2.05, 4.69) is 10.6 Å². The first-order chi connectivity index (χ1) is 12.6. The van der Waals surface area contributed by atoms with Crippen LogP contribution < -0.4 is 21.1 Å². The number of aliphatic carboxylic acids is 1. The second kappa shape index (κ2) is 10.0. The summed E-state index contributed by atoms with van der Waals surface area (Å²) in [6.45, 7) is 0.826. The molecule has 2 amide bonds. The minimum atomic E-state index is -1.08. The van der Waals surface area contributed by atoms with Gasteiger partial charge in [0.15, 0.2) is 0 Å². The van der Waals surface area contributed by atoms with Gasteiger partial charge in [0.05, 0.1) is 0 Å². The standard InChI is InChI=1S/C19H23N3O4/c20-12-4-7-17(18(23)24)22-19(25)21-15-8-10-16(11-9-15)26-13-14-5-2-1-3-6-14/h1-3,5-6,8-11,17H,4,7,12-13,20H2,(H,23,24)(H2,21,22,25)/t17-/m0/s1. The lowest BCUT2D eigenvalue weighted by Crippen LogP contribution is -2.43. The highest BCUT2D eigenvalue weighted by molar-refractivity contribution is 5.92. The van der Waals surface area contributed by atoms with Crippen molar-refractivity contribution in [1.29, 1.82) is 0 Å². The third-order valence-corrected chi connectivity index (χ3v) is 3.66. The van der Waals surface area contributed by atoms with Crippen LogP contribution in [0.3, 0.4) is 0 Å². The first kappa shape index (κ1) is 19.3.